The number of hydrogen-bond donors (Lipinski definition) is 1. The van der Waals surface area contributed by atoms with E-state index in [1.165, 1.54) is 4.90 Å². The highest BCUT2D eigenvalue weighted by atomic mass is 19.4. The molecule has 128 valence electrons. The van der Waals surface area contributed by atoms with Gasteiger partial charge in [0, 0.05) is 26.2 Å². The van der Waals surface area contributed by atoms with E-state index < -0.39 is 18.3 Å². The van der Waals surface area contributed by atoms with Gasteiger partial charge in [-0.15, -0.1) is 0 Å². The van der Waals surface area contributed by atoms with Crippen molar-refractivity contribution in [2.75, 3.05) is 32.7 Å². The average molecular weight is 329 g/mol. The Hall–Kier alpha value is -1.60. The van der Waals surface area contributed by atoms with Crippen LogP contribution in [-0.4, -0.2) is 54.6 Å². The Morgan fingerprint density at radius 1 is 1.13 bits per heavy atom. The Bertz CT molecular complexity index is 531. The van der Waals surface area contributed by atoms with Crippen LogP contribution in [0.1, 0.15) is 18.9 Å². The molecule has 1 atom stereocenters. The topological polar surface area (TPSA) is 49.6 Å². The molecule has 1 fully saturated rings. The first-order valence-electron chi connectivity index (χ1n) is 7.63. The van der Waals surface area contributed by atoms with Crippen LogP contribution in [0.25, 0.3) is 0 Å². The van der Waals surface area contributed by atoms with E-state index >= 15 is 0 Å². The predicted molar refractivity (Wildman–Crippen MR) is 81.7 cm³/mol. The second kappa shape index (κ2) is 6.88. The van der Waals surface area contributed by atoms with Crippen LogP contribution in [0.2, 0.25) is 0 Å². The van der Waals surface area contributed by atoms with Crippen LogP contribution in [0.5, 0.6) is 0 Å². The smallest absolute Gasteiger partial charge is 0.339 e. The Labute approximate surface area is 134 Å². The van der Waals surface area contributed by atoms with Crippen molar-refractivity contribution in [1.82, 2.24) is 9.80 Å². The number of nitrogens with zero attached hydrogens (tertiary/aromatic N) is 2. The number of halogens is 3. The molecule has 1 saturated heterocycles. The van der Waals surface area contributed by atoms with E-state index in [9.17, 15) is 18.0 Å². The summed E-state index contributed by atoms with van der Waals surface area (Å²) in [5.41, 5.74) is 5.73. The first kappa shape index (κ1) is 17.7. The van der Waals surface area contributed by atoms with Gasteiger partial charge in [0.05, 0.1) is 6.54 Å². The van der Waals surface area contributed by atoms with Crippen molar-refractivity contribution in [2.24, 2.45) is 5.73 Å². The van der Waals surface area contributed by atoms with Crippen molar-refractivity contribution in [1.29, 1.82) is 0 Å². The molecule has 1 aliphatic heterocycles. The largest absolute Gasteiger partial charge is 0.401 e. The molecule has 7 heteroatoms. The van der Waals surface area contributed by atoms with Crippen LogP contribution < -0.4 is 5.73 Å². The van der Waals surface area contributed by atoms with E-state index in [0.717, 1.165) is 0 Å². The molecule has 2 rings (SSSR count). The zero-order valence-corrected chi connectivity index (χ0v) is 13.1. The third-order valence-corrected chi connectivity index (χ3v) is 4.10. The van der Waals surface area contributed by atoms with Gasteiger partial charge >= 0.3 is 6.18 Å². The molecule has 23 heavy (non-hydrogen) atoms. The minimum Gasteiger partial charge on any atom is -0.339 e. The molecule has 1 heterocycles. The SMILES string of the molecule is CC(N)(C(=O)N1CCCN(CC(F)(F)F)CC1)c1ccccc1. The highest BCUT2D eigenvalue weighted by Gasteiger charge is 2.36. The van der Waals surface area contributed by atoms with Gasteiger partial charge in [0.15, 0.2) is 0 Å². The van der Waals surface area contributed by atoms with Gasteiger partial charge in [0.25, 0.3) is 0 Å². The third kappa shape index (κ3) is 4.68. The number of carbonyl (C=O) groups is 1. The molecule has 0 radical (unpaired) electrons. The van der Waals surface area contributed by atoms with Crippen molar-refractivity contribution < 1.29 is 18.0 Å². The summed E-state index contributed by atoms with van der Waals surface area (Å²) in [6.07, 6.45) is -3.71. The van der Waals surface area contributed by atoms with Crippen molar-refractivity contribution in [2.45, 2.75) is 25.1 Å². The number of nitrogens with two attached hydrogens (primary N) is 1. The molecule has 4 nitrogen and oxygen atoms in total. The van der Waals surface area contributed by atoms with Gasteiger partial charge in [-0.2, -0.15) is 13.2 Å². The molecule has 0 aromatic heterocycles. The van der Waals surface area contributed by atoms with Crippen molar-refractivity contribution >= 4 is 5.91 Å². The number of amides is 1. The van der Waals surface area contributed by atoms with Gasteiger partial charge in [-0.05, 0) is 18.9 Å². The van der Waals surface area contributed by atoms with Gasteiger partial charge in [-0.25, -0.2) is 0 Å². The third-order valence-electron chi connectivity index (χ3n) is 4.10. The summed E-state index contributed by atoms with van der Waals surface area (Å²) in [7, 11) is 0. The van der Waals surface area contributed by atoms with Crippen LogP contribution >= 0.6 is 0 Å². The monoisotopic (exact) mass is 329 g/mol. The maximum Gasteiger partial charge on any atom is 0.401 e. The second-order valence-electron chi connectivity index (χ2n) is 6.11. The van der Waals surface area contributed by atoms with Gasteiger partial charge < -0.3 is 10.6 Å². The Balaban J connectivity index is 2.03. The Morgan fingerprint density at radius 3 is 2.39 bits per heavy atom. The number of hydrogen-bond acceptors (Lipinski definition) is 3. The molecule has 0 aliphatic carbocycles. The molecule has 0 spiro atoms. The minimum atomic E-state index is -4.22. The van der Waals surface area contributed by atoms with Crippen molar-refractivity contribution in [3.63, 3.8) is 0 Å². The average Bonchev–Trinajstić information content (AvgIpc) is 2.71. The summed E-state index contributed by atoms with van der Waals surface area (Å²) in [6.45, 7) is 1.92. The number of rotatable bonds is 3. The first-order valence-corrected chi connectivity index (χ1v) is 7.63. The number of alkyl halides is 3. The van der Waals surface area contributed by atoms with Gasteiger partial charge in [0.2, 0.25) is 5.91 Å². The van der Waals surface area contributed by atoms with E-state index in [1.807, 2.05) is 6.07 Å². The summed E-state index contributed by atoms with van der Waals surface area (Å²) < 4.78 is 37.5. The van der Waals surface area contributed by atoms with E-state index in [1.54, 1.807) is 36.1 Å². The zero-order valence-electron chi connectivity index (χ0n) is 13.1. The normalized spacial score (nSPS) is 20.0. The van der Waals surface area contributed by atoms with Crippen LogP contribution in [0, 0.1) is 0 Å². The fourth-order valence-electron chi connectivity index (χ4n) is 2.82. The summed E-state index contributed by atoms with van der Waals surface area (Å²) in [4.78, 5) is 15.6. The fourth-order valence-corrected chi connectivity index (χ4v) is 2.82. The lowest BCUT2D eigenvalue weighted by Gasteiger charge is -2.31. The molecule has 1 aliphatic rings. The lowest BCUT2D eigenvalue weighted by Crippen LogP contribution is -2.51. The zero-order chi connectivity index (χ0) is 17.1. The first-order chi connectivity index (χ1) is 10.7. The van der Waals surface area contributed by atoms with E-state index in [4.69, 9.17) is 5.73 Å². The van der Waals surface area contributed by atoms with E-state index in [0.29, 0.717) is 25.1 Å². The van der Waals surface area contributed by atoms with Crippen molar-refractivity contribution in [3.8, 4) is 0 Å². The van der Waals surface area contributed by atoms with Crippen LogP contribution in [0.4, 0.5) is 13.2 Å². The predicted octanol–water partition coefficient (Wildman–Crippen LogP) is 1.96. The van der Waals surface area contributed by atoms with Crippen LogP contribution in [0.15, 0.2) is 30.3 Å². The van der Waals surface area contributed by atoms with Gasteiger partial charge in [0.1, 0.15) is 5.54 Å². The molecule has 2 N–H and O–H groups in total. The molecular weight excluding hydrogens is 307 g/mol. The molecule has 0 saturated carbocycles. The second-order valence-corrected chi connectivity index (χ2v) is 6.11. The molecule has 1 amide bonds. The summed E-state index contributed by atoms with van der Waals surface area (Å²) >= 11 is 0. The Morgan fingerprint density at radius 2 is 1.78 bits per heavy atom. The standard InChI is InChI=1S/C16H22F3N3O/c1-15(20,13-6-3-2-4-7-13)14(23)22-9-5-8-21(10-11-22)12-16(17,18)19/h2-4,6-7H,5,8-12,20H2,1H3. The maximum absolute atomic E-state index is 12.7. The molecular formula is C16H22F3N3O. The van der Waals surface area contributed by atoms with Crippen LogP contribution in [-0.2, 0) is 10.3 Å². The fraction of sp³-hybridized carbons (Fsp3) is 0.562. The Kier molecular flexibility index (Phi) is 5.31. The summed E-state index contributed by atoms with van der Waals surface area (Å²) in [5, 5.41) is 0. The number of carbonyl (C=O) groups excluding carboxylic acids is 1. The summed E-state index contributed by atoms with van der Waals surface area (Å²) in [6, 6.07) is 9.02. The highest BCUT2D eigenvalue weighted by molar-refractivity contribution is 5.87. The summed E-state index contributed by atoms with van der Waals surface area (Å²) in [5.74, 6) is -0.252. The lowest BCUT2D eigenvalue weighted by atomic mass is 9.91. The van der Waals surface area contributed by atoms with E-state index in [2.05, 4.69) is 0 Å². The molecule has 0 bridgehead atoms. The molecule has 1 aromatic carbocycles. The molecule has 1 unspecified atom stereocenters. The minimum absolute atomic E-state index is 0.204. The maximum atomic E-state index is 12.7. The lowest BCUT2D eigenvalue weighted by molar-refractivity contribution is -0.145. The number of benzene rings is 1. The highest BCUT2D eigenvalue weighted by Crippen LogP contribution is 2.22. The van der Waals surface area contributed by atoms with Crippen LogP contribution in [0.3, 0.4) is 0 Å². The van der Waals surface area contributed by atoms with Crippen molar-refractivity contribution in [3.05, 3.63) is 35.9 Å². The van der Waals surface area contributed by atoms with Gasteiger partial charge in [-0.3, -0.25) is 9.69 Å². The van der Waals surface area contributed by atoms with E-state index in [-0.39, 0.29) is 19.0 Å². The molecule has 1 aromatic rings. The van der Waals surface area contributed by atoms with Gasteiger partial charge in [-0.1, -0.05) is 30.3 Å². The quantitative estimate of drug-likeness (QED) is 0.922.